The number of carboxylic acids is 1. The molecule has 11 heteroatoms. The summed E-state index contributed by atoms with van der Waals surface area (Å²) in [6.07, 6.45) is 0. The molecule has 0 aromatic heterocycles. The van der Waals surface area contributed by atoms with Gasteiger partial charge in [-0.15, -0.1) is 0 Å². The summed E-state index contributed by atoms with van der Waals surface area (Å²) in [5.41, 5.74) is -0.503. The van der Waals surface area contributed by atoms with Crippen LogP contribution in [0.1, 0.15) is 10.4 Å². The summed E-state index contributed by atoms with van der Waals surface area (Å²) in [6, 6.07) is 3.40. The first kappa shape index (κ1) is 17.7. The fourth-order valence-corrected chi connectivity index (χ4v) is 2.58. The lowest BCUT2D eigenvalue weighted by molar-refractivity contribution is 0.0696. The van der Waals surface area contributed by atoms with E-state index in [1.807, 2.05) is 0 Å². The molecule has 0 saturated carbocycles. The number of hydrogen-bond donors (Lipinski definition) is 1. The predicted molar refractivity (Wildman–Crippen MR) is 67.4 cm³/mol. The van der Waals surface area contributed by atoms with E-state index in [9.17, 15) is 35.2 Å². The molecule has 128 valence electrons. The molecular formula is C13H5F5O5S. The van der Waals surface area contributed by atoms with Crippen molar-refractivity contribution >= 4 is 16.1 Å². The number of carbonyl (C=O) groups is 1. The lowest BCUT2D eigenvalue weighted by Crippen LogP contribution is -2.15. The van der Waals surface area contributed by atoms with Crippen LogP contribution >= 0.6 is 0 Å². The fraction of sp³-hybridized carbons (Fsp3) is 0. The van der Waals surface area contributed by atoms with Crippen LogP contribution < -0.4 is 4.18 Å². The molecule has 24 heavy (non-hydrogen) atoms. The molecule has 0 aliphatic rings. The first-order valence-electron chi connectivity index (χ1n) is 5.85. The van der Waals surface area contributed by atoms with Crippen LogP contribution in [0.5, 0.6) is 5.75 Å². The highest BCUT2D eigenvalue weighted by Crippen LogP contribution is 2.31. The summed E-state index contributed by atoms with van der Waals surface area (Å²) >= 11 is 0. The van der Waals surface area contributed by atoms with Gasteiger partial charge < -0.3 is 9.29 Å². The Morgan fingerprint density at radius 3 is 1.92 bits per heavy atom. The van der Waals surface area contributed by atoms with Crippen molar-refractivity contribution in [3.63, 3.8) is 0 Å². The zero-order valence-corrected chi connectivity index (χ0v) is 12.0. The van der Waals surface area contributed by atoms with Gasteiger partial charge in [0.25, 0.3) is 0 Å². The summed E-state index contributed by atoms with van der Waals surface area (Å²) in [6.45, 7) is 0. The molecule has 0 atom stereocenters. The van der Waals surface area contributed by atoms with Crippen LogP contribution in [-0.4, -0.2) is 19.5 Å². The van der Waals surface area contributed by atoms with Crippen LogP contribution in [0, 0.1) is 29.1 Å². The molecule has 2 aromatic carbocycles. The number of carboxylic acid groups (broad SMARTS) is 1. The van der Waals surface area contributed by atoms with E-state index in [1.54, 1.807) is 0 Å². The lowest BCUT2D eigenvalue weighted by atomic mass is 10.2. The van der Waals surface area contributed by atoms with Crippen LogP contribution in [-0.2, 0) is 10.1 Å². The molecule has 0 heterocycles. The van der Waals surface area contributed by atoms with E-state index in [2.05, 4.69) is 4.18 Å². The third-order valence-electron chi connectivity index (χ3n) is 2.73. The maximum absolute atomic E-state index is 13.5. The standard InChI is InChI=1S/C13H5F5O5S/c14-7-8(15)10(17)12(11(18)9(7)16)23-24(21,22)6-3-1-2-5(4-6)13(19)20/h1-4H,(H,19,20). The molecule has 5 nitrogen and oxygen atoms in total. The predicted octanol–water partition coefficient (Wildman–Crippen LogP) is 2.85. The Morgan fingerprint density at radius 2 is 1.42 bits per heavy atom. The average Bonchev–Trinajstić information content (AvgIpc) is 2.55. The minimum Gasteiger partial charge on any atom is -0.478 e. The highest BCUT2D eigenvalue weighted by Gasteiger charge is 2.31. The average molecular weight is 368 g/mol. The number of rotatable bonds is 4. The van der Waals surface area contributed by atoms with Crippen LogP contribution in [0.4, 0.5) is 22.0 Å². The van der Waals surface area contributed by atoms with E-state index in [4.69, 9.17) is 5.11 Å². The maximum atomic E-state index is 13.5. The first-order chi connectivity index (χ1) is 11.1. The van der Waals surface area contributed by atoms with Crippen LogP contribution in [0.15, 0.2) is 29.2 Å². The normalized spacial score (nSPS) is 11.4. The Balaban J connectivity index is 2.55. The fourth-order valence-electron chi connectivity index (χ4n) is 1.60. The molecule has 0 unspecified atom stereocenters. The summed E-state index contributed by atoms with van der Waals surface area (Å²) < 4.78 is 93.7. The number of aromatic carboxylic acids is 1. The smallest absolute Gasteiger partial charge is 0.339 e. The van der Waals surface area contributed by atoms with Crippen LogP contribution in [0.2, 0.25) is 0 Å². The summed E-state index contributed by atoms with van der Waals surface area (Å²) in [4.78, 5) is 9.92. The van der Waals surface area contributed by atoms with Gasteiger partial charge in [-0.05, 0) is 18.2 Å². The SMILES string of the molecule is O=C(O)c1cccc(S(=O)(=O)Oc2c(F)c(F)c(F)c(F)c2F)c1. The molecule has 0 aliphatic heterocycles. The van der Waals surface area contributed by atoms with Crippen molar-refractivity contribution in [2.24, 2.45) is 0 Å². The monoisotopic (exact) mass is 368 g/mol. The van der Waals surface area contributed by atoms with Gasteiger partial charge in [0.1, 0.15) is 4.90 Å². The van der Waals surface area contributed by atoms with E-state index < -0.39 is 61.4 Å². The van der Waals surface area contributed by atoms with Crippen LogP contribution in [0.25, 0.3) is 0 Å². The molecule has 0 bridgehead atoms. The second-order valence-corrected chi connectivity index (χ2v) is 5.82. The zero-order valence-electron chi connectivity index (χ0n) is 11.2. The molecule has 1 N–H and O–H groups in total. The quantitative estimate of drug-likeness (QED) is 0.389. The highest BCUT2D eigenvalue weighted by molar-refractivity contribution is 7.87. The van der Waals surface area contributed by atoms with E-state index in [1.165, 1.54) is 0 Å². The van der Waals surface area contributed by atoms with Gasteiger partial charge in [-0.25, -0.2) is 18.0 Å². The Hall–Kier alpha value is -2.69. The Kier molecular flexibility index (Phi) is 4.47. The van der Waals surface area contributed by atoms with E-state index >= 15 is 0 Å². The van der Waals surface area contributed by atoms with E-state index in [0.717, 1.165) is 18.2 Å². The third-order valence-corrected chi connectivity index (χ3v) is 3.95. The molecule has 0 spiro atoms. The zero-order chi connectivity index (χ0) is 18.2. The van der Waals surface area contributed by atoms with Crippen molar-refractivity contribution in [1.82, 2.24) is 0 Å². The molecule has 0 saturated heterocycles. The van der Waals surface area contributed by atoms with Gasteiger partial charge in [0.2, 0.25) is 34.8 Å². The third kappa shape index (κ3) is 3.02. The maximum Gasteiger partial charge on any atom is 0.339 e. The topological polar surface area (TPSA) is 80.7 Å². The summed E-state index contributed by atoms with van der Waals surface area (Å²) in [7, 11) is -5.06. The largest absolute Gasteiger partial charge is 0.478 e. The summed E-state index contributed by atoms with van der Waals surface area (Å²) in [5, 5.41) is 8.76. The van der Waals surface area contributed by atoms with Gasteiger partial charge in [0.05, 0.1) is 5.56 Å². The minimum absolute atomic E-state index is 0.503. The highest BCUT2D eigenvalue weighted by atomic mass is 32.2. The first-order valence-corrected chi connectivity index (χ1v) is 7.26. The molecular weight excluding hydrogens is 363 g/mol. The minimum atomic E-state index is -5.06. The van der Waals surface area contributed by atoms with E-state index in [0.29, 0.717) is 6.07 Å². The van der Waals surface area contributed by atoms with Crippen molar-refractivity contribution in [3.8, 4) is 5.75 Å². The molecule has 0 aliphatic carbocycles. The molecule has 0 radical (unpaired) electrons. The number of halogens is 5. The lowest BCUT2D eigenvalue weighted by Gasteiger charge is -2.10. The van der Waals surface area contributed by atoms with Gasteiger partial charge in [0.15, 0.2) is 0 Å². The molecule has 2 aromatic rings. The second-order valence-electron chi connectivity index (χ2n) is 4.27. The molecule has 2 rings (SSSR count). The Morgan fingerprint density at radius 1 is 0.917 bits per heavy atom. The van der Waals surface area contributed by atoms with Crippen molar-refractivity contribution in [1.29, 1.82) is 0 Å². The number of hydrogen-bond acceptors (Lipinski definition) is 4. The Labute approximate surface area is 131 Å². The van der Waals surface area contributed by atoms with Crippen molar-refractivity contribution in [3.05, 3.63) is 58.9 Å². The van der Waals surface area contributed by atoms with Crippen molar-refractivity contribution < 1.29 is 44.5 Å². The van der Waals surface area contributed by atoms with Gasteiger partial charge in [-0.1, -0.05) is 6.07 Å². The van der Waals surface area contributed by atoms with Gasteiger partial charge in [-0.2, -0.15) is 17.2 Å². The summed E-state index contributed by atoms with van der Waals surface area (Å²) in [5.74, 6) is -15.8. The number of benzene rings is 2. The molecule has 0 fully saturated rings. The Bertz CT molecular complexity index is 913. The van der Waals surface area contributed by atoms with Gasteiger partial charge in [-0.3, -0.25) is 0 Å². The van der Waals surface area contributed by atoms with E-state index in [-0.39, 0.29) is 0 Å². The molecule has 0 amide bonds. The van der Waals surface area contributed by atoms with Gasteiger partial charge in [0, 0.05) is 0 Å². The van der Waals surface area contributed by atoms with Crippen molar-refractivity contribution in [2.75, 3.05) is 0 Å². The van der Waals surface area contributed by atoms with Crippen molar-refractivity contribution in [2.45, 2.75) is 4.90 Å². The van der Waals surface area contributed by atoms with Crippen LogP contribution in [0.3, 0.4) is 0 Å². The van der Waals surface area contributed by atoms with Gasteiger partial charge >= 0.3 is 16.1 Å². The second kappa shape index (κ2) is 6.07.